The second kappa shape index (κ2) is 7.30. The maximum atomic E-state index is 6.34. The SMILES string of the molecule is NC1(CCCN(Cc2nc3ccccc3[nH]2)C2CCCc3cccnc32)CC1. The summed E-state index contributed by atoms with van der Waals surface area (Å²) in [5.41, 5.74) is 11.3. The summed E-state index contributed by atoms with van der Waals surface area (Å²) in [7, 11) is 0. The van der Waals surface area contributed by atoms with Gasteiger partial charge in [-0.3, -0.25) is 9.88 Å². The van der Waals surface area contributed by atoms with Gasteiger partial charge in [-0.25, -0.2) is 4.98 Å². The highest BCUT2D eigenvalue weighted by atomic mass is 15.2. The van der Waals surface area contributed by atoms with Crippen molar-refractivity contribution in [3.8, 4) is 0 Å². The third-order valence-electron chi connectivity index (χ3n) is 6.41. The van der Waals surface area contributed by atoms with E-state index in [1.54, 1.807) is 0 Å². The molecular weight excluding hydrogens is 346 g/mol. The normalized spacial score (nSPS) is 20.4. The van der Waals surface area contributed by atoms with Crippen LogP contribution in [0.3, 0.4) is 0 Å². The van der Waals surface area contributed by atoms with Gasteiger partial charge in [-0.1, -0.05) is 18.2 Å². The summed E-state index contributed by atoms with van der Waals surface area (Å²) in [5.74, 6) is 1.04. The molecule has 5 nitrogen and oxygen atoms in total. The lowest BCUT2D eigenvalue weighted by Crippen LogP contribution is -2.34. The first-order valence-electron chi connectivity index (χ1n) is 10.6. The number of hydrogen-bond donors (Lipinski definition) is 2. The number of rotatable bonds is 7. The first-order chi connectivity index (χ1) is 13.7. The summed E-state index contributed by atoms with van der Waals surface area (Å²) in [6.07, 6.45) is 10.1. The molecule has 2 heterocycles. The van der Waals surface area contributed by atoms with E-state index in [0.29, 0.717) is 6.04 Å². The average Bonchev–Trinajstić information content (AvgIpc) is 3.31. The van der Waals surface area contributed by atoms with Gasteiger partial charge in [0.2, 0.25) is 0 Å². The van der Waals surface area contributed by atoms with Crippen molar-refractivity contribution in [2.24, 2.45) is 5.73 Å². The van der Waals surface area contributed by atoms with Crippen LogP contribution in [0.2, 0.25) is 0 Å². The van der Waals surface area contributed by atoms with Gasteiger partial charge in [-0.15, -0.1) is 0 Å². The Balaban J connectivity index is 1.39. The molecule has 5 rings (SSSR count). The van der Waals surface area contributed by atoms with Gasteiger partial charge in [0.05, 0.1) is 29.3 Å². The molecule has 0 radical (unpaired) electrons. The van der Waals surface area contributed by atoms with E-state index in [9.17, 15) is 0 Å². The average molecular weight is 376 g/mol. The molecule has 3 N–H and O–H groups in total. The minimum Gasteiger partial charge on any atom is -0.341 e. The van der Waals surface area contributed by atoms with Crippen molar-refractivity contribution in [3.63, 3.8) is 0 Å². The Labute approximate surface area is 166 Å². The molecule has 1 aromatic carbocycles. The van der Waals surface area contributed by atoms with E-state index in [0.717, 1.165) is 55.6 Å². The van der Waals surface area contributed by atoms with E-state index in [1.807, 2.05) is 12.3 Å². The topological polar surface area (TPSA) is 70.8 Å². The zero-order chi connectivity index (χ0) is 19.0. The van der Waals surface area contributed by atoms with Crippen LogP contribution in [0.1, 0.15) is 61.6 Å². The number of hydrogen-bond acceptors (Lipinski definition) is 4. The molecule has 0 saturated heterocycles. The van der Waals surface area contributed by atoms with Crippen LogP contribution in [0.25, 0.3) is 11.0 Å². The number of nitrogens with one attached hydrogen (secondary N) is 1. The first-order valence-corrected chi connectivity index (χ1v) is 10.6. The van der Waals surface area contributed by atoms with Crippen molar-refractivity contribution < 1.29 is 0 Å². The predicted molar refractivity (Wildman–Crippen MR) is 112 cm³/mol. The lowest BCUT2D eigenvalue weighted by atomic mass is 9.90. The molecule has 2 aromatic heterocycles. The van der Waals surface area contributed by atoms with Crippen molar-refractivity contribution in [3.05, 3.63) is 59.7 Å². The quantitative estimate of drug-likeness (QED) is 0.652. The maximum Gasteiger partial charge on any atom is 0.121 e. The lowest BCUT2D eigenvalue weighted by molar-refractivity contribution is 0.157. The smallest absolute Gasteiger partial charge is 0.121 e. The van der Waals surface area contributed by atoms with Crippen LogP contribution >= 0.6 is 0 Å². The summed E-state index contributed by atoms with van der Waals surface area (Å²) in [5, 5.41) is 0. The van der Waals surface area contributed by atoms with E-state index in [-0.39, 0.29) is 5.54 Å². The number of nitrogens with zero attached hydrogens (tertiary/aromatic N) is 3. The Kier molecular flexibility index (Phi) is 4.65. The second-order valence-corrected chi connectivity index (χ2v) is 8.59. The molecule has 0 aliphatic heterocycles. The van der Waals surface area contributed by atoms with E-state index < -0.39 is 0 Å². The monoisotopic (exact) mass is 375 g/mol. The molecule has 3 aromatic rings. The van der Waals surface area contributed by atoms with Gasteiger partial charge in [0.15, 0.2) is 0 Å². The van der Waals surface area contributed by atoms with Crippen LogP contribution in [0.5, 0.6) is 0 Å². The number of imidazole rings is 1. The molecular formula is C23H29N5. The largest absolute Gasteiger partial charge is 0.341 e. The van der Waals surface area contributed by atoms with Crippen molar-refractivity contribution in [2.75, 3.05) is 6.54 Å². The van der Waals surface area contributed by atoms with E-state index in [2.05, 4.69) is 40.2 Å². The molecule has 0 spiro atoms. The number of aromatic nitrogens is 3. The van der Waals surface area contributed by atoms with Crippen LogP contribution in [0, 0.1) is 0 Å². The number of aromatic amines is 1. The fourth-order valence-electron chi connectivity index (χ4n) is 4.60. The number of aryl methyl sites for hydroxylation is 1. The zero-order valence-electron chi connectivity index (χ0n) is 16.4. The van der Waals surface area contributed by atoms with Crippen LogP contribution in [-0.2, 0) is 13.0 Å². The molecule has 2 aliphatic rings. The number of benzene rings is 1. The Morgan fingerprint density at radius 1 is 1.18 bits per heavy atom. The Hall–Kier alpha value is -2.24. The first kappa shape index (κ1) is 17.8. The fourth-order valence-corrected chi connectivity index (χ4v) is 4.60. The molecule has 0 bridgehead atoms. The molecule has 2 aliphatic carbocycles. The van der Waals surface area contributed by atoms with Crippen LogP contribution < -0.4 is 5.73 Å². The van der Waals surface area contributed by atoms with Crippen LogP contribution in [0.15, 0.2) is 42.6 Å². The van der Waals surface area contributed by atoms with Gasteiger partial charge >= 0.3 is 0 Å². The van der Waals surface area contributed by atoms with Gasteiger partial charge in [0, 0.05) is 11.7 Å². The van der Waals surface area contributed by atoms with Crippen LogP contribution in [-0.4, -0.2) is 31.9 Å². The minimum absolute atomic E-state index is 0.119. The van der Waals surface area contributed by atoms with Crippen LogP contribution in [0.4, 0.5) is 0 Å². The third kappa shape index (κ3) is 3.69. The Morgan fingerprint density at radius 3 is 2.93 bits per heavy atom. The van der Waals surface area contributed by atoms with Crippen molar-refractivity contribution >= 4 is 11.0 Å². The molecule has 0 amide bonds. The number of nitrogens with two attached hydrogens (primary N) is 1. The number of H-pyrrole nitrogens is 1. The van der Waals surface area contributed by atoms with Gasteiger partial charge in [-0.05, 0) is 75.3 Å². The molecule has 1 unspecified atom stereocenters. The molecule has 5 heteroatoms. The molecule has 146 valence electrons. The summed E-state index contributed by atoms with van der Waals surface area (Å²) < 4.78 is 0. The van der Waals surface area contributed by atoms with Gasteiger partial charge in [-0.2, -0.15) is 0 Å². The second-order valence-electron chi connectivity index (χ2n) is 8.59. The van der Waals surface area contributed by atoms with Gasteiger partial charge in [0.25, 0.3) is 0 Å². The van der Waals surface area contributed by atoms with E-state index >= 15 is 0 Å². The molecule has 1 atom stereocenters. The lowest BCUT2D eigenvalue weighted by Gasteiger charge is -2.34. The predicted octanol–water partition coefficient (Wildman–Crippen LogP) is 4.11. The fraction of sp³-hybridized carbons (Fsp3) is 0.478. The minimum atomic E-state index is 0.119. The highest BCUT2D eigenvalue weighted by molar-refractivity contribution is 5.74. The van der Waals surface area contributed by atoms with Crippen molar-refractivity contribution in [1.29, 1.82) is 0 Å². The maximum absolute atomic E-state index is 6.34. The van der Waals surface area contributed by atoms with Gasteiger partial charge in [0.1, 0.15) is 5.82 Å². The number of para-hydroxylation sites is 2. The highest BCUT2D eigenvalue weighted by Gasteiger charge is 2.37. The summed E-state index contributed by atoms with van der Waals surface area (Å²) in [6.45, 7) is 1.86. The summed E-state index contributed by atoms with van der Waals surface area (Å²) >= 11 is 0. The summed E-state index contributed by atoms with van der Waals surface area (Å²) in [4.78, 5) is 15.7. The molecule has 1 fully saturated rings. The number of pyridine rings is 1. The standard InChI is InChI=1S/C23H29N5/c24-23(12-13-23)11-5-15-28(16-21-26-18-8-1-2-9-19(18)27-21)20-10-3-6-17-7-4-14-25-22(17)20/h1-2,4,7-9,14,20H,3,5-6,10-13,15-16,24H2,(H,26,27). The number of fused-ring (bicyclic) bond motifs is 2. The van der Waals surface area contributed by atoms with E-state index in [4.69, 9.17) is 15.7 Å². The van der Waals surface area contributed by atoms with E-state index in [1.165, 1.54) is 30.5 Å². The highest BCUT2D eigenvalue weighted by Crippen LogP contribution is 2.38. The Bertz CT molecular complexity index is 925. The van der Waals surface area contributed by atoms with Gasteiger partial charge < -0.3 is 10.7 Å². The zero-order valence-corrected chi connectivity index (χ0v) is 16.4. The molecule has 28 heavy (non-hydrogen) atoms. The van der Waals surface area contributed by atoms with Crippen molar-refractivity contribution in [2.45, 2.75) is 63.1 Å². The Morgan fingerprint density at radius 2 is 2.07 bits per heavy atom. The summed E-state index contributed by atoms with van der Waals surface area (Å²) in [6, 6.07) is 12.9. The molecule has 1 saturated carbocycles. The third-order valence-corrected chi connectivity index (χ3v) is 6.41. The van der Waals surface area contributed by atoms with Crippen molar-refractivity contribution in [1.82, 2.24) is 19.9 Å².